The van der Waals surface area contributed by atoms with Gasteiger partial charge >= 0.3 is 0 Å². The number of hydrogen-bond acceptors (Lipinski definition) is 7. The van der Waals surface area contributed by atoms with E-state index in [1.54, 1.807) is 31.3 Å². The molecule has 0 saturated carbocycles. The van der Waals surface area contributed by atoms with Crippen molar-refractivity contribution in [1.29, 1.82) is 0 Å². The Kier molecular flexibility index (Phi) is 6.54. The van der Waals surface area contributed by atoms with Crippen LogP contribution >= 0.6 is 23.1 Å². The van der Waals surface area contributed by atoms with Crippen molar-refractivity contribution in [3.05, 3.63) is 22.4 Å². The van der Waals surface area contributed by atoms with Crippen LogP contribution in [0.2, 0.25) is 0 Å². The second kappa shape index (κ2) is 8.88. The molecule has 2 atom stereocenters. The van der Waals surface area contributed by atoms with Crippen molar-refractivity contribution in [2.75, 3.05) is 16.4 Å². The molecule has 146 valence electrons. The smallest absolute Gasteiger partial charge is 0.238 e. The van der Waals surface area contributed by atoms with Crippen LogP contribution in [0.3, 0.4) is 0 Å². The fourth-order valence-corrected chi connectivity index (χ4v) is 4.75. The molecule has 9 heteroatoms. The van der Waals surface area contributed by atoms with E-state index in [0.717, 1.165) is 24.5 Å². The summed E-state index contributed by atoms with van der Waals surface area (Å²) in [5.74, 6) is 1.57. The fourth-order valence-electron chi connectivity index (χ4n) is 2.93. The first-order valence-corrected chi connectivity index (χ1v) is 10.9. The Bertz CT molecular complexity index is 817. The molecule has 1 aliphatic carbocycles. The molecule has 2 aromatic heterocycles. The van der Waals surface area contributed by atoms with Crippen molar-refractivity contribution in [3.63, 3.8) is 0 Å². The highest BCUT2D eigenvalue weighted by molar-refractivity contribution is 8.01. The van der Waals surface area contributed by atoms with Gasteiger partial charge in [-0.2, -0.15) is 0 Å². The van der Waals surface area contributed by atoms with Crippen LogP contribution in [0, 0.1) is 12.8 Å². The lowest BCUT2D eigenvalue weighted by Crippen LogP contribution is -2.25. The number of amides is 2. The summed E-state index contributed by atoms with van der Waals surface area (Å²) in [4.78, 5) is 30.2. The molecule has 3 rings (SSSR count). The Labute approximate surface area is 166 Å². The van der Waals surface area contributed by atoms with Gasteiger partial charge in [-0.25, -0.2) is 4.98 Å². The Morgan fingerprint density at radius 2 is 2.26 bits per heavy atom. The molecular weight excluding hydrogens is 384 g/mol. The highest BCUT2D eigenvalue weighted by Crippen LogP contribution is 2.33. The van der Waals surface area contributed by atoms with E-state index in [1.165, 1.54) is 29.5 Å². The van der Waals surface area contributed by atoms with E-state index >= 15 is 0 Å². The third-order valence-electron chi connectivity index (χ3n) is 4.58. The van der Waals surface area contributed by atoms with Crippen LogP contribution in [0.5, 0.6) is 0 Å². The molecule has 1 aliphatic rings. The third-order valence-corrected chi connectivity index (χ3v) is 6.76. The predicted molar refractivity (Wildman–Crippen MR) is 108 cm³/mol. The van der Waals surface area contributed by atoms with E-state index in [1.807, 2.05) is 0 Å². The number of nitrogens with zero attached hydrogens (tertiary/aromatic N) is 2. The Hall–Kier alpha value is -1.87. The molecule has 0 radical (unpaired) electrons. The number of aryl methyl sites for hydroxylation is 2. The molecular formula is C18H24N4O3S2. The second-order valence-electron chi connectivity index (χ2n) is 6.72. The second-order valence-corrected chi connectivity index (χ2v) is 9.13. The number of nitrogens with one attached hydrogen (secondary N) is 2. The van der Waals surface area contributed by atoms with E-state index in [2.05, 4.69) is 27.7 Å². The van der Waals surface area contributed by atoms with Gasteiger partial charge in [0.2, 0.25) is 11.8 Å². The van der Waals surface area contributed by atoms with Gasteiger partial charge in [0.25, 0.3) is 0 Å². The maximum atomic E-state index is 12.2. The van der Waals surface area contributed by atoms with Crippen LogP contribution in [-0.4, -0.2) is 33.0 Å². The summed E-state index contributed by atoms with van der Waals surface area (Å²) in [6.45, 7) is 5.73. The Morgan fingerprint density at radius 3 is 2.96 bits per heavy atom. The largest absolute Gasteiger partial charge is 0.360 e. The summed E-state index contributed by atoms with van der Waals surface area (Å²) in [5, 5.41) is 9.55. The Balaban J connectivity index is 1.45. The highest BCUT2D eigenvalue weighted by Gasteiger charge is 2.22. The van der Waals surface area contributed by atoms with Gasteiger partial charge in [0.1, 0.15) is 5.76 Å². The zero-order valence-electron chi connectivity index (χ0n) is 15.7. The third kappa shape index (κ3) is 5.32. The van der Waals surface area contributed by atoms with Crippen molar-refractivity contribution in [2.24, 2.45) is 5.92 Å². The fraction of sp³-hybridized carbons (Fsp3) is 0.556. The summed E-state index contributed by atoms with van der Waals surface area (Å²) in [7, 11) is 0. The van der Waals surface area contributed by atoms with Crippen molar-refractivity contribution < 1.29 is 14.1 Å². The summed E-state index contributed by atoms with van der Waals surface area (Å²) < 4.78 is 4.92. The molecule has 2 heterocycles. The van der Waals surface area contributed by atoms with Crippen molar-refractivity contribution in [2.45, 2.75) is 51.7 Å². The minimum absolute atomic E-state index is 0.143. The number of anilines is 2. The minimum atomic E-state index is -0.387. The van der Waals surface area contributed by atoms with Gasteiger partial charge < -0.3 is 15.2 Å². The van der Waals surface area contributed by atoms with E-state index in [4.69, 9.17) is 4.52 Å². The number of aromatic nitrogens is 2. The lowest BCUT2D eigenvalue weighted by molar-refractivity contribution is -0.115. The van der Waals surface area contributed by atoms with Crippen molar-refractivity contribution in [1.82, 2.24) is 10.1 Å². The van der Waals surface area contributed by atoms with Crippen molar-refractivity contribution >= 4 is 45.9 Å². The summed E-state index contributed by atoms with van der Waals surface area (Å²) >= 11 is 2.85. The van der Waals surface area contributed by atoms with Gasteiger partial charge in [0.05, 0.1) is 16.7 Å². The minimum Gasteiger partial charge on any atom is -0.360 e. The first kappa shape index (κ1) is 19.9. The monoisotopic (exact) mass is 408 g/mol. The summed E-state index contributed by atoms with van der Waals surface area (Å²) in [6.07, 6.45) is 4.41. The molecule has 2 N–H and O–H groups in total. The number of rotatable bonds is 7. The summed E-state index contributed by atoms with van der Waals surface area (Å²) in [5.41, 5.74) is 1.13. The lowest BCUT2D eigenvalue weighted by atomic mass is 9.89. The molecule has 0 unspecified atom stereocenters. The maximum absolute atomic E-state index is 12.2. The average molecular weight is 409 g/mol. The zero-order chi connectivity index (χ0) is 19.4. The lowest BCUT2D eigenvalue weighted by Gasteiger charge is -2.18. The number of fused-ring (bicyclic) bond motifs is 1. The van der Waals surface area contributed by atoms with Crippen LogP contribution in [-0.2, 0) is 22.4 Å². The van der Waals surface area contributed by atoms with E-state index in [9.17, 15) is 9.59 Å². The van der Waals surface area contributed by atoms with E-state index in [0.29, 0.717) is 16.7 Å². The number of carbonyl (C=O) groups excluding carboxylic acids is 2. The van der Waals surface area contributed by atoms with Crippen LogP contribution < -0.4 is 10.6 Å². The van der Waals surface area contributed by atoms with E-state index < -0.39 is 0 Å². The van der Waals surface area contributed by atoms with Gasteiger partial charge in [-0.05, 0) is 39.0 Å². The van der Waals surface area contributed by atoms with Crippen LogP contribution in [0.25, 0.3) is 0 Å². The molecule has 0 aliphatic heterocycles. The van der Waals surface area contributed by atoms with Crippen LogP contribution in [0.15, 0.2) is 10.6 Å². The van der Waals surface area contributed by atoms with E-state index in [-0.39, 0.29) is 22.8 Å². The zero-order valence-corrected chi connectivity index (χ0v) is 17.3. The van der Waals surface area contributed by atoms with Gasteiger partial charge in [0, 0.05) is 10.9 Å². The average Bonchev–Trinajstić information content (AvgIpc) is 3.23. The Morgan fingerprint density at radius 1 is 1.44 bits per heavy atom. The van der Waals surface area contributed by atoms with Gasteiger partial charge in [-0.1, -0.05) is 18.5 Å². The highest BCUT2D eigenvalue weighted by atomic mass is 32.2. The molecule has 0 aromatic carbocycles. The SMILES string of the molecule is CC[C@@H]1CCc2nc(NC(=O)CS[C@@H](C)C(=O)Nc3cc(C)on3)sc2C1. The number of hydrogen-bond donors (Lipinski definition) is 2. The molecule has 0 bridgehead atoms. The van der Waals surface area contributed by atoms with Gasteiger partial charge in [-0.15, -0.1) is 23.1 Å². The van der Waals surface area contributed by atoms with Gasteiger partial charge in [-0.3, -0.25) is 9.59 Å². The van der Waals surface area contributed by atoms with Crippen LogP contribution in [0.4, 0.5) is 10.9 Å². The molecule has 27 heavy (non-hydrogen) atoms. The molecule has 2 amide bonds. The van der Waals surface area contributed by atoms with Gasteiger partial charge in [0.15, 0.2) is 10.9 Å². The maximum Gasteiger partial charge on any atom is 0.238 e. The van der Waals surface area contributed by atoms with Crippen LogP contribution in [0.1, 0.15) is 43.0 Å². The van der Waals surface area contributed by atoms with Crippen molar-refractivity contribution in [3.8, 4) is 0 Å². The molecule has 0 fully saturated rings. The molecule has 7 nitrogen and oxygen atoms in total. The molecule has 0 saturated heterocycles. The normalized spacial score (nSPS) is 17.2. The predicted octanol–water partition coefficient (Wildman–Crippen LogP) is 3.65. The number of thioether (sulfide) groups is 1. The summed E-state index contributed by atoms with van der Waals surface area (Å²) in [6, 6.07) is 1.65. The number of thiazole rings is 1. The standard InChI is InChI=1S/C18H24N4O3S2/c1-4-12-5-6-13-14(8-12)27-18(19-13)21-16(23)9-26-11(3)17(24)20-15-7-10(2)25-22-15/h7,11-12H,4-6,8-9H2,1-3H3,(H,19,21,23)(H,20,22,24)/t11-,12+/m0/s1. The molecule has 0 spiro atoms. The quantitative estimate of drug-likeness (QED) is 0.726. The first-order chi connectivity index (χ1) is 12.9. The number of carbonyl (C=O) groups is 2. The first-order valence-electron chi connectivity index (χ1n) is 9.08. The molecule has 2 aromatic rings. The topological polar surface area (TPSA) is 97.1 Å².